The van der Waals surface area contributed by atoms with E-state index in [-0.39, 0.29) is 0 Å². The molecule has 1 nitrogen and oxygen atoms in total. The van der Waals surface area contributed by atoms with Crippen molar-refractivity contribution in [3.05, 3.63) is 34.3 Å². The molecule has 0 atom stereocenters. The second-order valence-corrected chi connectivity index (χ2v) is 8.14. The van der Waals surface area contributed by atoms with Gasteiger partial charge in [0, 0.05) is 21.8 Å². The second kappa shape index (κ2) is 5.79. The van der Waals surface area contributed by atoms with Crippen LogP contribution in [0.4, 0.5) is 0 Å². The zero-order chi connectivity index (χ0) is 13.3. The van der Waals surface area contributed by atoms with Crippen molar-refractivity contribution in [1.29, 1.82) is 0 Å². The largest absolute Gasteiger partial charge is 0.313 e. The number of nitrogens with one attached hydrogen (secondary N) is 1. The van der Waals surface area contributed by atoms with E-state index in [1.165, 1.54) is 48.7 Å². The highest BCUT2D eigenvalue weighted by molar-refractivity contribution is 9.10. The molecule has 2 saturated carbocycles. The zero-order valence-corrected chi connectivity index (χ0v) is 13.9. The molecule has 0 heterocycles. The highest BCUT2D eigenvalue weighted by Gasteiger charge is 2.38. The van der Waals surface area contributed by atoms with Crippen LogP contribution >= 0.6 is 27.7 Å². The van der Waals surface area contributed by atoms with Crippen LogP contribution in [-0.2, 0) is 0 Å². The van der Waals surface area contributed by atoms with E-state index in [0.29, 0.717) is 4.75 Å². The minimum atomic E-state index is 0.568. The van der Waals surface area contributed by atoms with Gasteiger partial charge in [0.15, 0.2) is 0 Å². The molecule has 0 radical (unpaired) electrons. The monoisotopic (exact) mass is 339 g/mol. The van der Waals surface area contributed by atoms with Gasteiger partial charge in [0.1, 0.15) is 0 Å². The summed E-state index contributed by atoms with van der Waals surface area (Å²) in [6.07, 6.45) is 9.10. The van der Waals surface area contributed by atoms with Crippen LogP contribution in [-0.4, -0.2) is 23.6 Å². The Hall–Kier alpha value is 0.01000. The van der Waals surface area contributed by atoms with E-state index in [1.54, 1.807) is 0 Å². The molecule has 0 amide bonds. The highest BCUT2D eigenvalue weighted by Crippen LogP contribution is 2.44. The predicted octanol–water partition coefficient (Wildman–Crippen LogP) is 4.57. The summed E-state index contributed by atoms with van der Waals surface area (Å²) in [5.74, 6) is 0.750. The Morgan fingerprint density at radius 3 is 2.63 bits per heavy atom. The van der Waals surface area contributed by atoms with Gasteiger partial charge in [0.05, 0.1) is 0 Å². The summed E-state index contributed by atoms with van der Waals surface area (Å²) in [5.41, 5.74) is 1.49. The molecule has 1 N–H and O–H groups in total. The molecule has 1 aromatic rings. The molecular formula is C16H22BrNS. The summed E-state index contributed by atoms with van der Waals surface area (Å²) in [6, 6.07) is 9.41. The van der Waals surface area contributed by atoms with Crippen molar-refractivity contribution in [1.82, 2.24) is 5.32 Å². The van der Waals surface area contributed by atoms with Crippen LogP contribution in [0.15, 0.2) is 28.7 Å². The second-order valence-electron chi connectivity index (χ2n) is 6.01. The average molecular weight is 340 g/mol. The van der Waals surface area contributed by atoms with Crippen molar-refractivity contribution in [3.63, 3.8) is 0 Å². The SMILES string of the molecule is CSC1(CNC2CC(c3ccccc3Br)C2)CCC1. The van der Waals surface area contributed by atoms with Crippen LogP contribution in [0.25, 0.3) is 0 Å². The molecule has 0 saturated heterocycles. The standard InChI is InChI=1S/C16H22BrNS/c1-19-16(7-4-8-16)11-18-13-9-12(10-13)14-5-2-3-6-15(14)17/h2-3,5-6,12-13,18H,4,7-11H2,1H3. The number of hydrogen-bond donors (Lipinski definition) is 1. The molecule has 0 unspecified atom stereocenters. The normalized spacial score (nSPS) is 28.5. The molecular weight excluding hydrogens is 318 g/mol. The average Bonchev–Trinajstić information content (AvgIpc) is 2.32. The third-order valence-corrected chi connectivity index (χ3v) is 7.03. The van der Waals surface area contributed by atoms with E-state index in [9.17, 15) is 0 Å². The first-order valence-corrected chi connectivity index (χ1v) is 9.27. The van der Waals surface area contributed by atoms with Gasteiger partial charge in [0.2, 0.25) is 0 Å². The lowest BCUT2D eigenvalue weighted by Crippen LogP contribution is -2.49. The predicted molar refractivity (Wildman–Crippen MR) is 88.0 cm³/mol. The molecule has 2 aliphatic rings. The summed E-state index contributed by atoms with van der Waals surface area (Å²) < 4.78 is 1.84. The Labute approximate surface area is 129 Å². The molecule has 3 rings (SSSR count). The number of rotatable bonds is 5. The van der Waals surface area contributed by atoms with Gasteiger partial charge in [-0.25, -0.2) is 0 Å². The Bertz CT molecular complexity index is 433. The first-order chi connectivity index (χ1) is 9.22. The summed E-state index contributed by atoms with van der Waals surface area (Å²) in [5, 5.41) is 3.80. The van der Waals surface area contributed by atoms with Crippen LogP contribution in [0.3, 0.4) is 0 Å². The van der Waals surface area contributed by atoms with Gasteiger partial charge in [-0.15, -0.1) is 0 Å². The van der Waals surface area contributed by atoms with E-state index in [2.05, 4.69) is 63.5 Å². The van der Waals surface area contributed by atoms with Crippen molar-refractivity contribution in [2.75, 3.05) is 12.8 Å². The fourth-order valence-corrected chi connectivity index (χ4v) is 4.73. The summed E-state index contributed by atoms with van der Waals surface area (Å²) in [6.45, 7) is 1.21. The first kappa shape index (κ1) is 14.0. The molecule has 0 spiro atoms. The van der Waals surface area contributed by atoms with Crippen molar-refractivity contribution in [3.8, 4) is 0 Å². The van der Waals surface area contributed by atoms with E-state index in [0.717, 1.165) is 12.0 Å². The molecule has 0 aromatic heterocycles. The van der Waals surface area contributed by atoms with Gasteiger partial charge >= 0.3 is 0 Å². The van der Waals surface area contributed by atoms with Crippen LogP contribution in [0.5, 0.6) is 0 Å². The zero-order valence-electron chi connectivity index (χ0n) is 11.5. The first-order valence-electron chi connectivity index (χ1n) is 7.25. The van der Waals surface area contributed by atoms with E-state index in [1.807, 2.05) is 0 Å². The van der Waals surface area contributed by atoms with Gasteiger partial charge < -0.3 is 5.32 Å². The van der Waals surface area contributed by atoms with Crippen molar-refractivity contribution in [2.45, 2.75) is 48.8 Å². The highest BCUT2D eigenvalue weighted by atomic mass is 79.9. The minimum Gasteiger partial charge on any atom is -0.313 e. The molecule has 2 aliphatic carbocycles. The third kappa shape index (κ3) is 2.88. The van der Waals surface area contributed by atoms with Gasteiger partial charge in [-0.2, -0.15) is 11.8 Å². The number of hydrogen-bond acceptors (Lipinski definition) is 2. The van der Waals surface area contributed by atoms with Gasteiger partial charge in [-0.05, 0) is 49.5 Å². The smallest absolute Gasteiger partial charge is 0.0281 e. The number of thioether (sulfide) groups is 1. The van der Waals surface area contributed by atoms with Crippen molar-refractivity contribution < 1.29 is 0 Å². The van der Waals surface area contributed by atoms with E-state index >= 15 is 0 Å². The Kier molecular flexibility index (Phi) is 4.25. The fraction of sp³-hybridized carbons (Fsp3) is 0.625. The van der Waals surface area contributed by atoms with E-state index < -0.39 is 0 Å². The van der Waals surface area contributed by atoms with Gasteiger partial charge in [-0.1, -0.05) is 40.5 Å². The molecule has 1 aromatic carbocycles. The van der Waals surface area contributed by atoms with Crippen LogP contribution in [0.2, 0.25) is 0 Å². The summed E-state index contributed by atoms with van der Waals surface area (Å²) >= 11 is 5.74. The molecule has 104 valence electrons. The van der Waals surface area contributed by atoms with Crippen LogP contribution in [0.1, 0.15) is 43.6 Å². The van der Waals surface area contributed by atoms with Gasteiger partial charge in [-0.3, -0.25) is 0 Å². The molecule has 3 heteroatoms. The summed E-state index contributed by atoms with van der Waals surface area (Å²) in [7, 11) is 0. The number of benzene rings is 1. The maximum absolute atomic E-state index is 3.80. The lowest BCUT2D eigenvalue weighted by atomic mass is 9.75. The van der Waals surface area contributed by atoms with Gasteiger partial charge in [0.25, 0.3) is 0 Å². The number of halogens is 1. The topological polar surface area (TPSA) is 12.0 Å². The lowest BCUT2D eigenvalue weighted by molar-refractivity contribution is 0.255. The quantitative estimate of drug-likeness (QED) is 0.843. The van der Waals surface area contributed by atoms with Crippen molar-refractivity contribution >= 4 is 27.7 Å². The summed E-state index contributed by atoms with van der Waals surface area (Å²) in [4.78, 5) is 0. The van der Waals surface area contributed by atoms with Crippen molar-refractivity contribution in [2.24, 2.45) is 0 Å². The third-order valence-electron chi connectivity index (χ3n) is 4.89. The maximum atomic E-state index is 3.80. The minimum absolute atomic E-state index is 0.568. The Morgan fingerprint density at radius 2 is 2.05 bits per heavy atom. The van der Waals surface area contributed by atoms with Crippen LogP contribution in [0, 0.1) is 0 Å². The molecule has 2 fully saturated rings. The molecule has 0 bridgehead atoms. The lowest BCUT2D eigenvalue weighted by Gasteiger charge is -2.44. The van der Waals surface area contributed by atoms with Crippen LogP contribution < -0.4 is 5.32 Å². The maximum Gasteiger partial charge on any atom is 0.0281 e. The molecule has 0 aliphatic heterocycles. The Morgan fingerprint density at radius 1 is 1.32 bits per heavy atom. The fourth-order valence-electron chi connectivity index (χ4n) is 3.20. The molecule has 19 heavy (non-hydrogen) atoms. The van der Waals surface area contributed by atoms with E-state index in [4.69, 9.17) is 0 Å². The Balaban J connectivity index is 1.47.